The van der Waals surface area contributed by atoms with Gasteiger partial charge in [-0.2, -0.15) is 0 Å². The highest BCUT2D eigenvalue weighted by Crippen LogP contribution is 2.19. The first-order chi connectivity index (χ1) is 7.25. The third kappa shape index (κ3) is 4.52. The van der Waals surface area contributed by atoms with E-state index in [1.165, 1.54) is 45.2 Å². The third-order valence-corrected chi connectivity index (χ3v) is 3.82. The quantitative estimate of drug-likeness (QED) is 0.696. The van der Waals surface area contributed by atoms with Gasteiger partial charge in [0.05, 0.1) is 0 Å². The fraction of sp³-hybridized carbons (Fsp3) is 1.00. The highest BCUT2D eigenvalue weighted by molar-refractivity contribution is 4.74. The SMILES string of the molecule is COCCC(C)C(C)N1CCCCCC1. The molecule has 2 heteroatoms. The second-order valence-electron chi connectivity index (χ2n) is 4.95. The van der Waals surface area contributed by atoms with Crippen LogP contribution in [0.25, 0.3) is 0 Å². The molecule has 0 aromatic carbocycles. The van der Waals surface area contributed by atoms with Gasteiger partial charge in [0.15, 0.2) is 0 Å². The molecule has 0 N–H and O–H groups in total. The first-order valence-corrected chi connectivity index (χ1v) is 6.48. The number of ether oxygens (including phenoxy) is 1. The summed E-state index contributed by atoms with van der Waals surface area (Å²) in [5, 5.41) is 0. The van der Waals surface area contributed by atoms with E-state index in [2.05, 4.69) is 18.7 Å². The number of hydrogen-bond acceptors (Lipinski definition) is 2. The van der Waals surface area contributed by atoms with Gasteiger partial charge in [-0.1, -0.05) is 19.8 Å². The molecule has 90 valence electrons. The Labute approximate surface area is 95.0 Å². The second-order valence-corrected chi connectivity index (χ2v) is 4.95. The average molecular weight is 213 g/mol. The number of nitrogens with zero attached hydrogens (tertiary/aromatic N) is 1. The maximum Gasteiger partial charge on any atom is 0.0465 e. The van der Waals surface area contributed by atoms with Crippen LogP contribution in [0.15, 0.2) is 0 Å². The minimum absolute atomic E-state index is 0.721. The fourth-order valence-electron chi connectivity index (χ4n) is 2.41. The van der Waals surface area contributed by atoms with Gasteiger partial charge >= 0.3 is 0 Å². The lowest BCUT2D eigenvalue weighted by Crippen LogP contribution is -2.38. The van der Waals surface area contributed by atoms with E-state index in [9.17, 15) is 0 Å². The van der Waals surface area contributed by atoms with Crippen LogP contribution >= 0.6 is 0 Å². The highest BCUT2D eigenvalue weighted by atomic mass is 16.5. The Balaban J connectivity index is 2.32. The van der Waals surface area contributed by atoms with E-state index in [0.717, 1.165) is 18.6 Å². The average Bonchev–Trinajstić information content (AvgIpc) is 2.53. The number of hydrogen-bond donors (Lipinski definition) is 0. The molecule has 0 saturated carbocycles. The molecule has 1 aliphatic rings. The summed E-state index contributed by atoms with van der Waals surface area (Å²) in [7, 11) is 1.79. The van der Waals surface area contributed by atoms with Gasteiger partial charge in [0.2, 0.25) is 0 Å². The summed E-state index contributed by atoms with van der Waals surface area (Å²) in [6.07, 6.45) is 6.82. The maximum absolute atomic E-state index is 5.16. The summed E-state index contributed by atoms with van der Waals surface area (Å²) < 4.78 is 5.16. The summed E-state index contributed by atoms with van der Waals surface area (Å²) in [5.41, 5.74) is 0. The van der Waals surface area contributed by atoms with Crippen molar-refractivity contribution in [2.24, 2.45) is 5.92 Å². The Kier molecular flexibility index (Phi) is 6.26. The summed E-state index contributed by atoms with van der Waals surface area (Å²) in [5.74, 6) is 0.753. The molecule has 0 amide bonds. The first-order valence-electron chi connectivity index (χ1n) is 6.48. The van der Waals surface area contributed by atoms with Crippen LogP contribution in [-0.2, 0) is 4.74 Å². The summed E-state index contributed by atoms with van der Waals surface area (Å²) in [6.45, 7) is 8.25. The molecule has 2 atom stereocenters. The predicted octanol–water partition coefficient (Wildman–Crippen LogP) is 2.92. The Morgan fingerprint density at radius 3 is 2.20 bits per heavy atom. The van der Waals surface area contributed by atoms with Gasteiger partial charge < -0.3 is 9.64 Å². The molecule has 0 spiro atoms. The van der Waals surface area contributed by atoms with Crippen LogP contribution in [-0.4, -0.2) is 37.7 Å². The molecule has 1 heterocycles. The van der Waals surface area contributed by atoms with Gasteiger partial charge in [0.25, 0.3) is 0 Å². The Morgan fingerprint density at radius 1 is 1.07 bits per heavy atom. The monoisotopic (exact) mass is 213 g/mol. The largest absolute Gasteiger partial charge is 0.385 e. The van der Waals surface area contributed by atoms with Crippen molar-refractivity contribution in [3.05, 3.63) is 0 Å². The van der Waals surface area contributed by atoms with Crippen LogP contribution in [0.5, 0.6) is 0 Å². The predicted molar refractivity (Wildman–Crippen MR) is 65.2 cm³/mol. The van der Waals surface area contributed by atoms with E-state index in [-0.39, 0.29) is 0 Å². The molecule has 0 radical (unpaired) electrons. The molecule has 1 rings (SSSR count). The van der Waals surface area contributed by atoms with Gasteiger partial charge in [-0.3, -0.25) is 0 Å². The van der Waals surface area contributed by atoms with E-state index < -0.39 is 0 Å². The standard InChI is InChI=1S/C13H27NO/c1-12(8-11-15-3)13(2)14-9-6-4-5-7-10-14/h12-13H,4-11H2,1-3H3. The Morgan fingerprint density at radius 2 is 1.67 bits per heavy atom. The smallest absolute Gasteiger partial charge is 0.0465 e. The number of likely N-dealkylation sites (tertiary alicyclic amines) is 1. The van der Waals surface area contributed by atoms with Crippen molar-refractivity contribution in [1.29, 1.82) is 0 Å². The zero-order valence-electron chi connectivity index (χ0n) is 10.7. The van der Waals surface area contributed by atoms with Crippen molar-refractivity contribution in [2.45, 2.75) is 52.0 Å². The minimum Gasteiger partial charge on any atom is -0.385 e. The van der Waals surface area contributed by atoms with Crippen LogP contribution in [0.1, 0.15) is 46.0 Å². The van der Waals surface area contributed by atoms with Gasteiger partial charge in [-0.15, -0.1) is 0 Å². The zero-order chi connectivity index (χ0) is 11.1. The van der Waals surface area contributed by atoms with E-state index in [1.54, 1.807) is 7.11 Å². The van der Waals surface area contributed by atoms with E-state index >= 15 is 0 Å². The van der Waals surface area contributed by atoms with Crippen molar-refractivity contribution >= 4 is 0 Å². The van der Waals surface area contributed by atoms with Crippen molar-refractivity contribution < 1.29 is 4.74 Å². The molecule has 1 aliphatic heterocycles. The molecule has 2 unspecified atom stereocenters. The van der Waals surface area contributed by atoms with Crippen LogP contribution in [0, 0.1) is 5.92 Å². The lowest BCUT2D eigenvalue weighted by molar-refractivity contribution is 0.126. The van der Waals surface area contributed by atoms with Crippen molar-refractivity contribution in [3.8, 4) is 0 Å². The second kappa shape index (κ2) is 7.24. The molecule has 1 saturated heterocycles. The van der Waals surface area contributed by atoms with Crippen molar-refractivity contribution in [2.75, 3.05) is 26.8 Å². The lowest BCUT2D eigenvalue weighted by atomic mass is 9.98. The maximum atomic E-state index is 5.16. The van der Waals surface area contributed by atoms with Crippen LogP contribution in [0.4, 0.5) is 0 Å². The van der Waals surface area contributed by atoms with Gasteiger partial charge in [0, 0.05) is 19.8 Å². The molecule has 0 aromatic heterocycles. The van der Waals surface area contributed by atoms with Gasteiger partial charge in [-0.25, -0.2) is 0 Å². The molecule has 1 fully saturated rings. The number of methoxy groups -OCH3 is 1. The molecular weight excluding hydrogens is 186 g/mol. The zero-order valence-corrected chi connectivity index (χ0v) is 10.7. The topological polar surface area (TPSA) is 12.5 Å². The highest BCUT2D eigenvalue weighted by Gasteiger charge is 2.20. The van der Waals surface area contributed by atoms with Crippen LogP contribution in [0.2, 0.25) is 0 Å². The Bertz CT molecular complexity index is 153. The minimum atomic E-state index is 0.721. The summed E-state index contributed by atoms with van der Waals surface area (Å²) in [6, 6.07) is 0.721. The van der Waals surface area contributed by atoms with E-state index in [0.29, 0.717) is 0 Å². The fourth-order valence-corrected chi connectivity index (χ4v) is 2.41. The van der Waals surface area contributed by atoms with E-state index in [1.807, 2.05) is 0 Å². The van der Waals surface area contributed by atoms with Gasteiger partial charge in [0.1, 0.15) is 0 Å². The number of rotatable bonds is 5. The summed E-state index contributed by atoms with van der Waals surface area (Å²) in [4.78, 5) is 2.67. The van der Waals surface area contributed by atoms with E-state index in [4.69, 9.17) is 4.74 Å². The molecular formula is C13H27NO. The van der Waals surface area contributed by atoms with Crippen LogP contribution < -0.4 is 0 Å². The molecule has 0 aromatic rings. The normalized spacial score (nSPS) is 23.4. The first kappa shape index (κ1) is 13.0. The van der Waals surface area contributed by atoms with Crippen molar-refractivity contribution in [1.82, 2.24) is 4.90 Å². The molecule has 2 nitrogen and oxygen atoms in total. The molecule has 15 heavy (non-hydrogen) atoms. The molecule has 0 aliphatic carbocycles. The van der Waals surface area contributed by atoms with Gasteiger partial charge in [-0.05, 0) is 45.2 Å². The molecule has 0 bridgehead atoms. The lowest BCUT2D eigenvalue weighted by Gasteiger charge is -2.32. The van der Waals surface area contributed by atoms with Crippen LogP contribution in [0.3, 0.4) is 0 Å². The third-order valence-electron chi connectivity index (χ3n) is 3.82. The Hall–Kier alpha value is -0.0800. The summed E-state index contributed by atoms with van der Waals surface area (Å²) >= 11 is 0. The van der Waals surface area contributed by atoms with Crippen molar-refractivity contribution in [3.63, 3.8) is 0 Å².